The average molecular weight is 363 g/mol. The maximum absolute atomic E-state index is 12.6. The van der Waals surface area contributed by atoms with E-state index in [0.29, 0.717) is 5.69 Å². The van der Waals surface area contributed by atoms with Crippen molar-refractivity contribution in [1.29, 1.82) is 0 Å². The van der Waals surface area contributed by atoms with Gasteiger partial charge in [-0.1, -0.05) is 24.1 Å². The number of carbonyl (C=O) groups is 2. The zero-order chi connectivity index (χ0) is 19.4. The normalized spacial score (nSPS) is 14.8. The van der Waals surface area contributed by atoms with E-state index in [1.807, 2.05) is 0 Å². The molecule has 2 aromatic carbocycles. The van der Waals surface area contributed by atoms with Crippen LogP contribution in [-0.4, -0.2) is 23.3 Å². The highest BCUT2D eigenvalue weighted by atomic mass is 16.6. The van der Waals surface area contributed by atoms with Gasteiger partial charge in [0.05, 0.1) is 10.6 Å². The third-order valence-electron chi connectivity index (χ3n) is 3.72. The van der Waals surface area contributed by atoms with Gasteiger partial charge in [-0.25, -0.2) is 5.01 Å². The number of terminal acetylenes is 1. The summed E-state index contributed by atoms with van der Waals surface area (Å²) in [5.41, 5.74) is 2.77. The maximum atomic E-state index is 12.6. The monoisotopic (exact) mass is 363 g/mol. The Balaban J connectivity index is 2.01. The second-order valence-corrected chi connectivity index (χ2v) is 5.45. The summed E-state index contributed by atoms with van der Waals surface area (Å²) >= 11 is 0. The number of nitrogens with zero attached hydrogens (tertiary/aromatic N) is 2. The number of rotatable bonds is 5. The van der Waals surface area contributed by atoms with Crippen molar-refractivity contribution in [3.8, 4) is 18.1 Å². The highest BCUT2D eigenvalue weighted by Crippen LogP contribution is 2.28. The molecule has 0 aliphatic carbocycles. The van der Waals surface area contributed by atoms with Crippen LogP contribution >= 0.6 is 0 Å². The Bertz CT molecular complexity index is 992. The molecule has 1 aliphatic heterocycles. The van der Waals surface area contributed by atoms with Crippen molar-refractivity contribution in [1.82, 2.24) is 5.43 Å². The molecule has 27 heavy (non-hydrogen) atoms. The molecule has 0 bridgehead atoms. The summed E-state index contributed by atoms with van der Waals surface area (Å²) in [4.78, 5) is 35.4. The van der Waals surface area contributed by atoms with Crippen LogP contribution in [0.5, 0.6) is 5.75 Å². The summed E-state index contributed by atoms with van der Waals surface area (Å²) in [7, 11) is 0. The van der Waals surface area contributed by atoms with Crippen LogP contribution in [0.15, 0.2) is 54.1 Å². The smallest absolute Gasteiger partial charge is 0.282 e. The van der Waals surface area contributed by atoms with E-state index in [2.05, 4.69) is 11.3 Å². The molecule has 0 aromatic heterocycles. The number of non-ortho nitro benzene ring substituents is 1. The predicted octanol–water partition coefficient (Wildman–Crippen LogP) is 2.07. The summed E-state index contributed by atoms with van der Waals surface area (Å²) in [6, 6.07) is 12.4. The standard InChI is InChI=1S/C19H13N3O5/c1-2-10-27-17-9-8-15(22(25)26)11-13(17)12-16-18(23)20-21(19(16)24)14-6-4-3-5-7-14/h1,3-9,11-12H,10H2,(H,20,23). The number of nitrogens with one attached hydrogen (secondary N) is 1. The van der Waals surface area contributed by atoms with E-state index in [9.17, 15) is 19.7 Å². The molecule has 0 atom stereocenters. The summed E-state index contributed by atoms with van der Waals surface area (Å²) in [6.45, 7) is -0.0652. The van der Waals surface area contributed by atoms with E-state index in [0.717, 1.165) is 5.01 Å². The molecule has 1 aliphatic rings. The number of benzene rings is 2. The van der Waals surface area contributed by atoms with E-state index in [4.69, 9.17) is 11.2 Å². The zero-order valence-corrected chi connectivity index (χ0v) is 13.9. The Morgan fingerprint density at radius 2 is 1.96 bits per heavy atom. The van der Waals surface area contributed by atoms with Crippen molar-refractivity contribution < 1.29 is 19.2 Å². The largest absolute Gasteiger partial charge is 0.480 e. The van der Waals surface area contributed by atoms with Gasteiger partial charge in [-0.05, 0) is 24.3 Å². The van der Waals surface area contributed by atoms with Crippen molar-refractivity contribution in [2.75, 3.05) is 11.6 Å². The molecule has 3 rings (SSSR count). The summed E-state index contributed by atoms with van der Waals surface area (Å²) in [5.74, 6) is 1.31. The molecule has 0 unspecified atom stereocenters. The van der Waals surface area contributed by atoms with E-state index in [-0.39, 0.29) is 29.2 Å². The van der Waals surface area contributed by atoms with Gasteiger partial charge in [0.15, 0.2) is 0 Å². The van der Waals surface area contributed by atoms with Crippen molar-refractivity contribution in [2.45, 2.75) is 0 Å². The molecule has 0 radical (unpaired) electrons. The minimum absolute atomic E-state index is 0.0652. The third kappa shape index (κ3) is 3.62. The number of carbonyl (C=O) groups excluding carboxylic acids is 2. The molecule has 1 saturated heterocycles. The molecule has 2 amide bonds. The van der Waals surface area contributed by atoms with Crippen LogP contribution in [0.3, 0.4) is 0 Å². The fourth-order valence-corrected chi connectivity index (χ4v) is 2.48. The van der Waals surface area contributed by atoms with Crippen LogP contribution in [0.2, 0.25) is 0 Å². The van der Waals surface area contributed by atoms with Gasteiger partial charge in [0.1, 0.15) is 17.9 Å². The van der Waals surface area contributed by atoms with Crippen molar-refractivity contribution in [2.24, 2.45) is 0 Å². The fraction of sp³-hybridized carbons (Fsp3) is 0.0526. The first-order chi connectivity index (χ1) is 13.0. The van der Waals surface area contributed by atoms with Crippen LogP contribution in [0.1, 0.15) is 5.56 Å². The Morgan fingerprint density at radius 1 is 1.22 bits per heavy atom. The summed E-state index contributed by atoms with van der Waals surface area (Å²) in [6.07, 6.45) is 6.42. The van der Waals surface area contributed by atoms with Crippen LogP contribution in [0.25, 0.3) is 6.08 Å². The first-order valence-electron chi connectivity index (χ1n) is 7.78. The van der Waals surface area contributed by atoms with Gasteiger partial charge in [0, 0.05) is 17.7 Å². The van der Waals surface area contributed by atoms with Gasteiger partial charge in [-0.15, -0.1) is 6.42 Å². The Labute approximate surface area is 154 Å². The highest BCUT2D eigenvalue weighted by Gasteiger charge is 2.34. The van der Waals surface area contributed by atoms with Crippen molar-refractivity contribution >= 4 is 29.3 Å². The van der Waals surface area contributed by atoms with E-state index < -0.39 is 16.7 Å². The lowest BCUT2D eigenvalue weighted by Crippen LogP contribution is -2.35. The summed E-state index contributed by atoms with van der Waals surface area (Å²) in [5, 5.41) is 12.1. The number of ether oxygens (including phenoxy) is 1. The van der Waals surface area contributed by atoms with Crippen LogP contribution < -0.4 is 15.2 Å². The molecule has 1 fully saturated rings. The van der Waals surface area contributed by atoms with Gasteiger partial charge >= 0.3 is 0 Å². The minimum Gasteiger partial charge on any atom is -0.480 e. The fourth-order valence-electron chi connectivity index (χ4n) is 2.48. The molecule has 1 N–H and O–H groups in total. The number of para-hydroxylation sites is 1. The first kappa shape index (κ1) is 17.7. The van der Waals surface area contributed by atoms with Gasteiger partial charge in [-0.2, -0.15) is 0 Å². The average Bonchev–Trinajstić information content (AvgIpc) is 2.95. The Morgan fingerprint density at radius 3 is 2.63 bits per heavy atom. The molecular formula is C19H13N3O5. The Kier molecular flexibility index (Phi) is 4.86. The molecule has 2 aromatic rings. The molecule has 134 valence electrons. The minimum atomic E-state index is -0.627. The molecule has 0 saturated carbocycles. The summed E-state index contributed by atoms with van der Waals surface area (Å²) < 4.78 is 5.35. The number of nitro benzene ring substituents is 1. The number of hydrogen-bond acceptors (Lipinski definition) is 5. The van der Waals surface area contributed by atoms with Crippen LogP contribution in [0.4, 0.5) is 11.4 Å². The number of amides is 2. The van der Waals surface area contributed by atoms with Gasteiger partial charge in [-0.3, -0.25) is 25.1 Å². The van der Waals surface area contributed by atoms with Gasteiger partial charge in [0.2, 0.25) is 0 Å². The number of nitro groups is 1. The zero-order valence-electron chi connectivity index (χ0n) is 13.9. The van der Waals surface area contributed by atoms with Gasteiger partial charge < -0.3 is 4.74 Å². The van der Waals surface area contributed by atoms with Gasteiger partial charge in [0.25, 0.3) is 17.5 Å². The topological polar surface area (TPSA) is 102 Å². The SMILES string of the molecule is C#CCOc1ccc([N+](=O)[O-])cc1C=C1C(=O)NN(c2ccccc2)C1=O. The molecule has 0 spiro atoms. The quantitative estimate of drug-likeness (QED) is 0.288. The lowest BCUT2D eigenvalue weighted by molar-refractivity contribution is -0.384. The highest BCUT2D eigenvalue weighted by molar-refractivity contribution is 6.31. The first-order valence-corrected chi connectivity index (χ1v) is 7.78. The van der Waals surface area contributed by atoms with Crippen LogP contribution in [-0.2, 0) is 9.59 Å². The maximum Gasteiger partial charge on any atom is 0.282 e. The van der Waals surface area contributed by atoms with Crippen LogP contribution in [0, 0.1) is 22.5 Å². The lowest BCUT2D eigenvalue weighted by atomic mass is 10.1. The second kappa shape index (κ2) is 7.41. The van der Waals surface area contributed by atoms with E-state index in [1.165, 1.54) is 24.3 Å². The Hall–Kier alpha value is -4.12. The number of hydrogen-bond donors (Lipinski definition) is 1. The molecule has 8 nitrogen and oxygen atoms in total. The van der Waals surface area contributed by atoms with E-state index >= 15 is 0 Å². The molecule has 8 heteroatoms. The second-order valence-electron chi connectivity index (χ2n) is 5.45. The van der Waals surface area contributed by atoms with Crippen molar-refractivity contribution in [3.05, 3.63) is 69.8 Å². The number of hydrazine groups is 1. The molecule has 1 heterocycles. The lowest BCUT2D eigenvalue weighted by Gasteiger charge is -2.13. The van der Waals surface area contributed by atoms with E-state index in [1.54, 1.807) is 30.3 Å². The van der Waals surface area contributed by atoms with Crippen molar-refractivity contribution in [3.63, 3.8) is 0 Å². The predicted molar refractivity (Wildman–Crippen MR) is 97.5 cm³/mol. The molecular weight excluding hydrogens is 350 g/mol. The number of anilines is 1. The third-order valence-corrected chi connectivity index (χ3v) is 3.72.